The Hall–Kier alpha value is -1.85. The van der Waals surface area contributed by atoms with Gasteiger partial charge in [0.05, 0.1) is 12.6 Å². The number of rotatable bonds is 6. The summed E-state index contributed by atoms with van der Waals surface area (Å²) in [5.41, 5.74) is 2.44. The van der Waals surface area contributed by atoms with Crippen LogP contribution in [0.2, 0.25) is 0 Å². The largest absolute Gasteiger partial charge is 0.336 e. The molecule has 1 N–H and O–H groups in total. The first kappa shape index (κ1) is 17.5. The molecule has 2 rings (SSSR count). The molecule has 4 nitrogen and oxygen atoms in total. The summed E-state index contributed by atoms with van der Waals surface area (Å²) in [5.74, 6) is 0. The molecule has 5 heteroatoms. The van der Waals surface area contributed by atoms with Crippen LogP contribution in [0, 0.1) is 6.92 Å². The fourth-order valence-electron chi connectivity index (χ4n) is 2.45. The van der Waals surface area contributed by atoms with Crippen LogP contribution in [0.15, 0.2) is 41.8 Å². The van der Waals surface area contributed by atoms with E-state index < -0.39 is 0 Å². The second-order valence-corrected chi connectivity index (χ2v) is 6.96. The zero-order valence-electron chi connectivity index (χ0n) is 14.2. The minimum absolute atomic E-state index is 0.0411. The maximum atomic E-state index is 12.3. The van der Waals surface area contributed by atoms with E-state index in [1.165, 1.54) is 16.0 Å². The number of nitrogens with zero attached hydrogens (tertiary/aromatic N) is 2. The number of urea groups is 1. The number of likely N-dealkylation sites (N-methyl/N-ethyl adjacent to an activating group) is 1. The second kappa shape index (κ2) is 8.13. The number of thiophene rings is 1. The van der Waals surface area contributed by atoms with Gasteiger partial charge in [-0.3, -0.25) is 0 Å². The minimum atomic E-state index is -0.0411. The van der Waals surface area contributed by atoms with Crippen molar-refractivity contribution in [3.63, 3.8) is 0 Å². The van der Waals surface area contributed by atoms with Crippen molar-refractivity contribution >= 4 is 17.4 Å². The summed E-state index contributed by atoms with van der Waals surface area (Å²) >= 11 is 1.69. The monoisotopic (exact) mass is 331 g/mol. The molecule has 1 aromatic carbocycles. The van der Waals surface area contributed by atoms with Gasteiger partial charge in [0.1, 0.15) is 0 Å². The Balaban J connectivity index is 1.92. The van der Waals surface area contributed by atoms with Crippen LogP contribution >= 0.6 is 11.3 Å². The van der Waals surface area contributed by atoms with Crippen LogP contribution in [0.4, 0.5) is 4.79 Å². The van der Waals surface area contributed by atoms with Crippen LogP contribution in [0.5, 0.6) is 0 Å². The lowest BCUT2D eigenvalue weighted by molar-refractivity contribution is 0.201. The standard InChI is InChI=1S/C18H25N3OS/c1-14-10-11-23-17(14)13-21(4)18(22)19-12-16(20(2)3)15-8-6-5-7-9-15/h5-11,16H,12-13H2,1-4H3,(H,19,22). The SMILES string of the molecule is Cc1ccsc1CN(C)C(=O)NCC(c1ccccc1)N(C)C. The van der Waals surface area contributed by atoms with Gasteiger partial charge in [0.25, 0.3) is 0 Å². The molecule has 1 unspecified atom stereocenters. The Morgan fingerprint density at radius 1 is 1.17 bits per heavy atom. The number of carbonyl (C=O) groups is 1. The number of benzene rings is 1. The molecule has 0 aliphatic carbocycles. The molecule has 0 aliphatic heterocycles. The van der Waals surface area contributed by atoms with E-state index in [1.54, 1.807) is 16.2 Å². The number of hydrogen-bond donors (Lipinski definition) is 1. The third-order valence-electron chi connectivity index (χ3n) is 3.95. The van der Waals surface area contributed by atoms with Crippen molar-refractivity contribution < 1.29 is 4.79 Å². The maximum Gasteiger partial charge on any atom is 0.317 e. The number of hydrogen-bond acceptors (Lipinski definition) is 3. The smallest absolute Gasteiger partial charge is 0.317 e. The zero-order valence-corrected chi connectivity index (χ0v) is 15.1. The molecule has 1 aromatic heterocycles. The Labute approximate surface area is 142 Å². The zero-order chi connectivity index (χ0) is 16.8. The molecule has 124 valence electrons. The van der Waals surface area contributed by atoms with Gasteiger partial charge in [0.2, 0.25) is 0 Å². The first-order valence-electron chi connectivity index (χ1n) is 7.72. The molecular weight excluding hydrogens is 306 g/mol. The van der Waals surface area contributed by atoms with E-state index in [9.17, 15) is 4.79 Å². The Kier molecular flexibility index (Phi) is 6.19. The van der Waals surface area contributed by atoms with Crippen molar-refractivity contribution in [2.45, 2.75) is 19.5 Å². The van der Waals surface area contributed by atoms with Crippen molar-refractivity contribution in [1.82, 2.24) is 15.1 Å². The maximum absolute atomic E-state index is 12.3. The Morgan fingerprint density at radius 2 is 1.87 bits per heavy atom. The van der Waals surface area contributed by atoms with Gasteiger partial charge in [0.15, 0.2) is 0 Å². The predicted molar refractivity (Wildman–Crippen MR) is 96.8 cm³/mol. The van der Waals surface area contributed by atoms with E-state index in [-0.39, 0.29) is 12.1 Å². The fraction of sp³-hybridized carbons (Fsp3) is 0.389. The van der Waals surface area contributed by atoms with E-state index in [0.717, 1.165) is 0 Å². The van der Waals surface area contributed by atoms with E-state index in [1.807, 2.05) is 39.3 Å². The molecule has 1 heterocycles. The Morgan fingerprint density at radius 3 is 2.43 bits per heavy atom. The summed E-state index contributed by atoms with van der Waals surface area (Å²) in [5, 5.41) is 5.11. The number of nitrogens with one attached hydrogen (secondary N) is 1. The summed E-state index contributed by atoms with van der Waals surface area (Å²) in [6.07, 6.45) is 0. The van der Waals surface area contributed by atoms with Crippen LogP contribution in [-0.2, 0) is 6.54 Å². The lowest BCUT2D eigenvalue weighted by Gasteiger charge is -2.26. The second-order valence-electron chi connectivity index (χ2n) is 5.96. The van der Waals surface area contributed by atoms with Gasteiger partial charge in [-0.2, -0.15) is 0 Å². The molecule has 0 fully saturated rings. The quantitative estimate of drug-likeness (QED) is 0.879. The molecular formula is C18H25N3OS. The summed E-state index contributed by atoms with van der Waals surface area (Å²) in [4.78, 5) is 17.4. The molecule has 0 radical (unpaired) electrons. The van der Waals surface area contributed by atoms with Gasteiger partial charge in [-0.15, -0.1) is 11.3 Å². The van der Waals surface area contributed by atoms with E-state index in [0.29, 0.717) is 13.1 Å². The summed E-state index contributed by atoms with van der Waals surface area (Å²) in [6, 6.07) is 12.5. The van der Waals surface area contributed by atoms with Crippen LogP contribution in [-0.4, -0.2) is 43.5 Å². The first-order valence-corrected chi connectivity index (χ1v) is 8.60. The lowest BCUT2D eigenvalue weighted by Crippen LogP contribution is -2.41. The van der Waals surface area contributed by atoms with Crippen LogP contribution in [0.25, 0.3) is 0 Å². The van der Waals surface area contributed by atoms with Crippen molar-refractivity contribution in [3.05, 3.63) is 57.8 Å². The topological polar surface area (TPSA) is 35.6 Å². The highest BCUT2D eigenvalue weighted by Gasteiger charge is 2.17. The number of carbonyl (C=O) groups excluding carboxylic acids is 1. The van der Waals surface area contributed by atoms with E-state index in [4.69, 9.17) is 0 Å². The van der Waals surface area contributed by atoms with Gasteiger partial charge in [-0.25, -0.2) is 4.79 Å². The minimum Gasteiger partial charge on any atom is -0.336 e. The lowest BCUT2D eigenvalue weighted by atomic mass is 10.1. The third kappa shape index (κ3) is 4.81. The molecule has 0 saturated heterocycles. The van der Waals surface area contributed by atoms with E-state index >= 15 is 0 Å². The van der Waals surface area contributed by atoms with Gasteiger partial charge in [0, 0.05) is 18.5 Å². The predicted octanol–water partition coefficient (Wildman–Crippen LogP) is 3.50. The fourth-order valence-corrected chi connectivity index (χ4v) is 3.40. The summed E-state index contributed by atoms with van der Waals surface area (Å²) < 4.78 is 0. The molecule has 0 aliphatic rings. The molecule has 23 heavy (non-hydrogen) atoms. The average molecular weight is 331 g/mol. The van der Waals surface area contributed by atoms with Gasteiger partial charge in [-0.1, -0.05) is 30.3 Å². The summed E-state index contributed by atoms with van der Waals surface area (Å²) in [6.45, 7) is 3.31. The van der Waals surface area contributed by atoms with Gasteiger partial charge in [-0.05, 0) is 43.6 Å². The van der Waals surface area contributed by atoms with Crippen LogP contribution in [0.3, 0.4) is 0 Å². The van der Waals surface area contributed by atoms with Gasteiger partial charge < -0.3 is 15.1 Å². The Bertz CT molecular complexity index is 624. The van der Waals surface area contributed by atoms with E-state index in [2.05, 4.69) is 40.7 Å². The normalized spacial score (nSPS) is 12.2. The van der Waals surface area contributed by atoms with Crippen LogP contribution in [0.1, 0.15) is 22.0 Å². The summed E-state index contributed by atoms with van der Waals surface area (Å²) in [7, 11) is 5.90. The van der Waals surface area contributed by atoms with Crippen LogP contribution < -0.4 is 5.32 Å². The molecule has 0 saturated carbocycles. The van der Waals surface area contributed by atoms with Crippen molar-refractivity contribution in [2.75, 3.05) is 27.7 Å². The number of amides is 2. The molecule has 0 spiro atoms. The molecule has 1 atom stereocenters. The van der Waals surface area contributed by atoms with Crippen molar-refractivity contribution in [3.8, 4) is 0 Å². The molecule has 0 bridgehead atoms. The van der Waals surface area contributed by atoms with Crippen molar-refractivity contribution in [2.24, 2.45) is 0 Å². The highest BCUT2D eigenvalue weighted by atomic mass is 32.1. The van der Waals surface area contributed by atoms with Gasteiger partial charge >= 0.3 is 6.03 Å². The number of aryl methyl sites for hydroxylation is 1. The highest BCUT2D eigenvalue weighted by molar-refractivity contribution is 7.10. The van der Waals surface area contributed by atoms with Crippen molar-refractivity contribution in [1.29, 1.82) is 0 Å². The molecule has 2 aromatic rings. The molecule has 2 amide bonds. The highest BCUT2D eigenvalue weighted by Crippen LogP contribution is 2.18. The third-order valence-corrected chi connectivity index (χ3v) is 4.96. The first-order chi connectivity index (χ1) is 11.0. The average Bonchev–Trinajstić information content (AvgIpc) is 2.93.